The maximum absolute atomic E-state index is 10.2. The van der Waals surface area contributed by atoms with Gasteiger partial charge in [-0.2, -0.15) is 0 Å². The SMILES string of the molecule is CCC(O)C(O)(O)C(O)(O)C(=O)O. The van der Waals surface area contributed by atoms with Gasteiger partial charge in [0.1, 0.15) is 6.10 Å². The maximum Gasteiger partial charge on any atom is 0.370 e. The van der Waals surface area contributed by atoms with Crippen LogP contribution in [-0.2, 0) is 4.79 Å². The molecule has 6 N–H and O–H groups in total. The van der Waals surface area contributed by atoms with Crippen molar-refractivity contribution in [3.63, 3.8) is 0 Å². The van der Waals surface area contributed by atoms with E-state index >= 15 is 0 Å². The smallest absolute Gasteiger partial charge is 0.370 e. The third-order valence-corrected chi connectivity index (χ3v) is 1.66. The number of carboxylic acids is 1. The van der Waals surface area contributed by atoms with E-state index in [9.17, 15) is 4.79 Å². The monoisotopic (exact) mass is 196 g/mol. The molecule has 78 valence electrons. The van der Waals surface area contributed by atoms with E-state index in [4.69, 9.17) is 30.6 Å². The normalized spacial score (nSPS) is 15.5. The van der Waals surface area contributed by atoms with Crippen LogP contribution in [0.3, 0.4) is 0 Å². The Balaban J connectivity index is 4.90. The van der Waals surface area contributed by atoms with Gasteiger partial charge in [0, 0.05) is 0 Å². The van der Waals surface area contributed by atoms with Gasteiger partial charge < -0.3 is 30.6 Å². The van der Waals surface area contributed by atoms with Gasteiger partial charge in [0.25, 0.3) is 5.79 Å². The van der Waals surface area contributed by atoms with E-state index < -0.39 is 23.6 Å². The third-order valence-electron chi connectivity index (χ3n) is 1.66. The summed E-state index contributed by atoms with van der Waals surface area (Å²) in [5, 5.41) is 52.3. The number of aliphatic hydroxyl groups is 5. The molecule has 0 rings (SSSR count). The molecule has 0 aromatic carbocycles. The summed E-state index contributed by atoms with van der Waals surface area (Å²) in [6.45, 7) is 1.31. The second kappa shape index (κ2) is 3.56. The lowest BCUT2D eigenvalue weighted by Gasteiger charge is -2.34. The van der Waals surface area contributed by atoms with Crippen molar-refractivity contribution < 1.29 is 35.4 Å². The highest BCUT2D eigenvalue weighted by molar-refractivity contribution is 5.76. The molecular weight excluding hydrogens is 184 g/mol. The first kappa shape index (κ1) is 12.3. The van der Waals surface area contributed by atoms with E-state index in [1.54, 1.807) is 0 Å². The third kappa shape index (κ3) is 1.95. The number of carbonyl (C=O) groups is 1. The van der Waals surface area contributed by atoms with Gasteiger partial charge in [0.15, 0.2) is 0 Å². The lowest BCUT2D eigenvalue weighted by atomic mass is 9.98. The molecule has 0 fully saturated rings. The van der Waals surface area contributed by atoms with Gasteiger partial charge in [0.05, 0.1) is 0 Å². The highest BCUT2D eigenvalue weighted by Gasteiger charge is 2.57. The fraction of sp³-hybridized carbons (Fsp3) is 0.833. The zero-order valence-electron chi connectivity index (χ0n) is 6.88. The Morgan fingerprint density at radius 3 is 1.92 bits per heavy atom. The van der Waals surface area contributed by atoms with Gasteiger partial charge in [-0.05, 0) is 6.42 Å². The van der Waals surface area contributed by atoms with Crippen LogP contribution in [0.1, 0.15) is 13.3 Å². The number of aliphatic carboxylic acids is 1. The molecule has 0 aromatic heterocycles. The van der Waals surface area contributed by atoms with Gasteiger partial charge in [-0.15, -0.1) is 0 Å². The largest absolute Gasteiger partial charge is 0.477 e. The van der Waals surface area contributed by atoms with E-state index in [-0.39, 0.29) is 6.42 Å². The number of carboxylic acid groups (broad SMARTS) is 1. The zero-order valence-corrected chi connectivity index (χ0v) is 6.88. The van der Waals surface area contributed by atoms with Gasteiger partial charge in [0.2, 0.25) is 0 Å². The second-order valence-corrected chi connectivity index (χ2v) is 2.63. The van der Waals surface area contributed by atoms with Crippen LogP contribution >= 0.6 is 0 Å². The first-order valence-corrected chi connectivity index (χ1v) is 3.48. The Morgan fingerprint density at radius 2 is 1.69 bits per heavy atom. The van der Waals surface area contributed by atoms with Crippen molar-refractivity contribution in [1.29, 1.82) is 0 Å². The van der Waals surface area contributed by atoms with Gasteiger partial charge in [-0.3, -0.25) is 0 Å². The number of hydrogen-bond acceptors (Lipinski definition) is 6. The molecule has 0 aliphatic heterocycles. The summed E-state index contributed by atoms with van der Waals surface area (Å²) in [6, 6.07) is 0. The molecule has 7 nitrogen and oxygen atoms in total. The molecular formula is C6H12O7. The standard InChI is InChI=1S/C6H12O7/c1-2-3(7)5(10,11)6(12,13)4(8)9/h3,7,10-13H,2H2,1H3,(H,8,9). The number of hydrogen-bond donors (Lipinski definition) is 6. The molecule has 7 heteroatoms. The fourth-order valence-corrected chi connectivity index (χ4v) is 0.674. The van der Waals surface area contributed by atoms with E-state index in [1.807, 2.05) is 0 Å². The van der Waals surface area contributed by atoms with Gasteiger partial charge >= 0.3 is 11.8 Å². The average Bonchev–Trinajstić information content (AvgIpc) is 2.02. The molecule has 1 atom stereocenters. The molecule has 1 unspecified atom stereocenters. The van der Waals surface area contributed by atoms with Crippen molar-refractivity contribution in [3.8, 4) is 0 Å². The quantitative estimate of drug-likeness (QED) is 0.267. The average molecular weight is 196 g/mol. The molecule has 13 heavy (non-hydrogen) atoms. The summed E-state index contributed by atoms with van der Waals surface area (Å²) >= 11 is 0. The molecule has 0 heterocycles. The highest BCUT2D eigenvalue weighted by Crippen LogP contribution is 2.23. The van der Waals surface area contributed by atoms with Crippen LogP contribution in [0.4, 0.5) is 0 Å². The lowest BCUT2D eigenvalue weighted by Crippen LogP contribution is -2.65. The summed E-state index contributed by atoms with van der Waals surface area (Å²) in [5.74, 6) is -9.57. The van der Waals surface area contributed by atoms with E-state index in [2.05, 4.69) is 0 Å². The van der Waals surface area contributed by atoms with E-state index in [0.717, 1.165) is 0 Å². The van der Waals surface area contributed by atoms with Crippen LogP contribution in [-0.4, -0.2) is 54.3 Å². The predicted molar refractivity (Wildman–Crippen MR) is 38.3 cm³/mol. The van der Waals surface area contributed by atoms with Crippen molar-refractivity contribution >= 4 is 5.97 Å². The van der Waals surface area contributed by atoms with Crippen molar-refractivity contribution in [1.82, 2.24) is 0 Å². The molecule has 0 aliphatic carbocycles. The Labute approximate surface area is 73.5 Å². The van der Waals surface area contributed by atoms with Crippen molar-refractivity contribution in [2.24, 2.45) is 0 Å². The summed E-state index contributed by atoms with van der Waals surface area (Å²) in [4.78, 5) is 10.2. The minimum absolute atomic E-state index is 0.247. The summed E-state index contributed by atoms with van der Waals surface area (Å²) in [7, 11) is 0. The Hall–Kier alpha value is -0.730. The summed E-state index contributed by atoms with van der Waals surface area (Å²) in [6.07, 6.45) is -2.22. The minimum atomic E-state index is -3.80. The van der Waals surface area contributed by atoms with Crippen LogP contribution in [0.25, 0.3) is 0 Å². The summed E-state index contributed by atoms with van der Waals surface area (Å²) in [5.41, 5.74) is 0. The first-order chi connectivity index (χ1) is 5.67. The molecule has 0 radical (unpaired) electrons. The topological polar surface area (TPSA) is 138 Å². The minimum Gasteiger partial charge on any atom is -0.477 e. The molecule has 0 bridgehead atoms. The number of rotatable bonds is 4. The molecule has 0 aliphatic rings. The van der Waals surface area contributed by atoms with Crippen LogP contribution in [0, 0.1) is 0 Å². The van der Waals surface area contributed by atoms with Gasteiger partial charge in [-0.25, -0.2) is 4.79 Å². The Kier molecular flexibility index (Phi) is 3.36. The molecule has 0 aromatic rings. The highest BCUT2D eigenvalue weighted by atomic mass is 16.6. The summed E-state index contributed by atoms with van der Waals surface area (Å²) < 4.78 is 0. The van der Waals surface area contributed by atoms with Crippen LogP contribution in [0.5, 0.6) is 0 Å². The van der Waals surface area contributed by atoms with Crippen LogP contribution in [0.2, 0.25) is 0 Å². The van der Waals surface area contributed by atoms with Crippen molar-refractivity contribution in [2.45, 2.75) is 31.0 Å². The molecule has 0 spiro atoms. The lowest BCUT2D eigenvalue weighted by molar-refractivity contribution is -0.371. The maximum atomic E-state index is 10.2. The van der Waals surface area contributed by atoms with Crippen molar-refractivity contribution in [3.05, 3.63) is 0 Å². The fourth-order valence-electron chi connectivity index (χ4n) is 0.674. The van der Waals surface area contributed by atoms with Crippen LogP contribution in [0.15, 0.2) is 0 Å². The molecule has 0 saturated carbocycles. The van der Waals surface area contributed by atoms with Crippen molar-refractivity contribution in [2.75, 3.05) is 0 Å². The second-order valence-electron chi connectivity index (χ2n) is 2.63. The zero-order chi connectivity index (χ0) is 10.9. The Bertz CT molecular complexity index is 197. The van der Waals surface area contributed by atoms with E-state index in [0.29, 0.717) is 0 Å². The number of aliphatic hydroxyl groups excluding tert-OH is 1. The van der Waals surface area contributed by atoms with Gasteiger partial charge in [-0.1, -0.05) is 6.92 Å². The first-order valence-electron chi connectivity index (χ1n) is 3.48. The van der Waals surface area contributed by atoms with Crippen LogP contribution < -0.4 is 0 Å². The molecule has 0 amide bonds. The Morgan fingerprint density at radius 1 is 1.31 bits per heavy atom. The van der Waals surface area contributed by atoms with E-state index in [1.165, 1.54) is 6.92 Å². The molecule has 0 saturated heterocycles. The predicted octanol–water partition coefficient (Wildman–Crippen LogP) is -2.80.